The molecule has 5 atom stereocenters. The molecule has 4 aliphatic rings. The maximum Gasteiger partial charge on any atom is 0.302 e. The fraction of sp³-hybridized carbons (Fsp3) is 0.696. The molecule has 0 radical (unpaired) electrons. The van der Waals surface area contributed by atoms with Gasteiger partial charge >= 0.3 is 5.97 Å². The van der Waals surface area contributed by atoms with Crippen LogP contribution in [0.15, 0.2) is 22.8 Å². The molecule has 0 heterocycles. The summed E-state index contributed by atoms with van der Waals surface area (Å²) < 4.78 is 5.65. The van der Waals surface area contributed by atoms with Crippen LogP contribution in [0, 0.1) is 22.7 Å². The first kappa shape index (κ1) is 18.6. The molecule has 4 nitrogen and oxygen atoms in total. The van der Waals surface area contributed by atoms with Gasteiger partial charge in [-0.2, -0.15) is 0 Å². The van der Waals surface area contributed by atoms with E-state index in [9.17, 15) is 14.4 Å². The number of ether oxygens (including phenoxy) is 1. The van der Waals surface area contributed by atoms with E-state index in [4.69, 9.17) is 4.74 Å². The summed E-state index contributed by atoms with van der Waals surface area (Å²) >= 11 is 0. The predicted molar refractivity (Wildman–Crippen MR) is 102 cm³/mol. The Labute approximate surface area is 161 Å². The van der Waals surface area contributed by atoms with Gasteiger partial charge in [0.15, 0.2) is 5.78 Å². The normalized spacial score (nSPS) is 40.7. The van der Waals surface area contributed by atoms with Crippen molar-refractivity contribution in [3.63, 3.8) is 0 Å². The van der Waals surface area contributed by atoms with E-state index in [-0.39, 0.29) is 29.1 Å². The number of Topliss-reactive ketones (excluding diaryl/α,β-unsaturated/α-hetero) is 1. The molecule has 0 aliphatic heterocycles. The molecule has 5 unspecified atom stereocenters. The van der Waals surface area contributed by atoms with Crippen molar-refractivity contribution in [2.24, 2.45) is 22.7 Å². The third-order valence-electron chi connectivity index (χ3n) is 8.24. The van der Waals surface area contributed by atoms with Crippen LogP contribution in [0.1, 0.15) is 72.6 Å². The molecule has 0 amide bonds. The topological polar surface area (TPSA) is 60.4 Å². The van der Waals surface area contributed by atoms with Gasteiger partial charge in [0.1, 0.15) is 11.9 Å². The van der Waals surface area contributed by atoms with Gasteiger partial charge in [-0.15, -0.1) is 0 Å². The van der Waals surface area contributed by atoms with Crippen LogP contribution < -0.4 is 0 Å². The Bertz CT molecular complexity index is 788. The molecule has 27 heavy (non-hydrogen) atoms. The van der Waals surface area contributed by atoms with E-state index >= 15 is 0 Å². The van der Waals surface area contributed by atoms with Gasteiger partial charge in [-0.1, -0.05) is 23.6 Å². The van der Waals surface area contributed by atoms with Crippen molar-refractivity contribution >= 4 is 17.5 Å². The lowest BCUT2D eigenvalue weighted by Gasteiger charge is -2.52. The zero-order chi connectivity index (χ0) is 19.6. The number of ketones is 2. The Kier molecular flexibility index (Phi) is 4.25. The van der Waals surface area contributed by atoms with E-state index < -0.39 is 5.41 Å². The first-order valence-corrected chi connectivity index (χ1v) is 10.3. The lowest BCUT2D eigenvalue weighted by Crippen LogP contribution is -2.44. The maximum absolute atomic E-state index is 12.6. The van der Waals surface area contributed by atoms with E-state index in [1.807, 2.05) is 13.0 Å². The van der Waals surface area contributed by atoms with Crippen LogP contribution in [-0.4, -0.2) is 23.6 Å². The van der Waals surface area contributed by atoms with Crippen LogP contribution >= 0.6 is 0 Å². The number of allylic oxidation sites excluding steroid dienone is 2. The van der Waals surface area contributed by atoms with Gasteiger partial charge in [0, 0.05) is 19.8 Å². The SMILES string of the molecule is CC(=O)OC1CC2=C(CCC3C2CCC2=CC(=O)CCC23C)C1(C)C(C)=O. The summed E-state index contributed by atoms with van der Waals surface area (Å²) in [6, 6.07) is 0. The third kappa shape index (κ3) is 2.59. The van der Waals surface area contributed by atoms with Crippen molar-refractivity contribution in [3.8, 4) is 0 Å². The third-order valence-corrected chi connectivity index (χ3v) is 8.24. The molecule has 0 aromatic rings. The van der Waals surface area contributed by atoms with Crippen LogP contribution in [0.4, 0.5) is 0 Å². The van der Waals surface area contributed by atoms with Crippen LogP contribution in [0.3, 0.4) is 0 Å². The predicted octanol–water partition coefficient (Wildman–Crippen LogP) is 4.33. The fourth-order valence-corrected chi connectivity index (χ4v) is 6.60. The summed E-state index contributed by atoms with van der Waals surface area (Å²) in [6.07, 6.45) is 7.81. The molecule has 4 rings (SSSR count). The molecule has 0 saturated heterocycles. The van der Waals surface area contributed by atoms with Gasteiger partial charge in [-0.05, 0) is 69.3 Å². The van der Waals surface area contributed by atoms with Crippen molar-refractivity contribution in [1.82, 2.24) is 0 Å². The van der Waals surface area contributed by atoms with E-state index in [2.05, 4.69) is 6.92 Å². The average molecular weight is 370 g/mol. The van der Waals surface area contributed by atoms with Crippen LogP contribution in [-0.2, 0) is 19.1 Å². The summed E-state index contributed by atoms with van der Waals surface area (Å²) in [5, 5.41) is 0. The van der Waals surface area contributed by atoms with Crippen molar-refractivity contribution in [3.05, 3.63) is 22.8 Å². The molecule has 1 saturated carbocycles. The van der Waals surface area contributed by atoms with Crippen molar-refractivity contribution in [2.45, 2.75) is 78.7 Å². The molecule has 0 aromatic heterocycles. The van der Waals surface area contributed by atoms with E-state index in [0.29, 0.717) is 24.7 Å². The minimum absolute atomic E-state index is 0.0987. The molecule has 0 N–H and O–H groups in total. The maximum atomic E-state index is 12.6. The van der Waals surface area contributed by atoms with Gasteiger partial charge < -0.3 is 4.74 Å². The first-order valence-electron chi connectivity index (χ1n) is 10.3. The lowest BCUT2D eigenvalue weighted by atomic mass is 9.52. The fourth-order valence-electron chi connectivity index (χ4n) is 6.60. The molecule has 1 fully saturated rings. The summed E-state index contributed by atoms with van der Waals surface area (Å²) in [5.41, 5.74) is 3.39. The van der Waals surface area contributed by atoms with E-state index in [1.165, 1.54) is 23.6 Å². The van der Waals surface area contributed by atoms with Gasteiger partial charge in [0.05, 0.1) is 5.41 Å². The average Bonchev–Trinajstić information content (AvgIpc) is 2.89. The molecular formula is C23H30O4. The number of hydrogen-bond acceptors (Lipinski definition) is 4. The standard InChI is InChI=1S/C23H30O4/c1-13(24)23(4)20-8-7-19-17(18(20)12-21(23)27-14(2)25)6-5-15-11-16(26)9-10-22(15,19)3/h11,17,19,21H,5-10,12H2,1-4H3. The van der Waals surface area contributed by atoms with Crippen LogP contribution in [0.2, 0.25) is 0 Å². The second-order valence-electron chi connectivity index (χ2n) is 9.41. The number of hydrogen-bond donors (Lipinski definition) is 0. The van der Waals surface area contributed by atoms with E-state index in [0.717, 1.165) is 32.1 Å². The summed E-state index contributed by atoms with van der Waals surface area (Å²) in [4.78, 5) is 36.2. The number of carbonyl (C=O) groups excluding carboxylic acids is 3. The lowest BCUT2D eigenvalue weighted by molar-refractivity contribution is -0.153. The highest BCUT2D eigenvalue weighted by Gasteiger charge is 2.57. The number of esters is 1. The number of fused-ring (bicyclic) bond motifs is 4. The molecular weight excluding hydrogens is 340 g/mol. The Morgan fingerprint density at radius 3 is 2.52 bits per heavy atom. The van der Waals surface area contributed by atoms with Crippen LogP contribution in [0.25, 0.3) is 0 Å². The second-order valence-corrected chi connectivity index (χ2v) is 9.41. The van der Waals surface area contributed by atoms with Gasteiger partial charge in [-0.3, -0.25) is 14.4 Å². The highest BCUT2D eigenvalue weighted by Crippen LogP contribution is 2.62. The second kappa shape index (κ2) is 6.15. The molecule has 0 aromatic carbocycles. The van der Waals surface area contributed by atoms with Gasteiger partial charge in [0.25, 0.3) is 0 Å². The highest BCUT2D eigenvalue weighted by atomic mass is 16.5. The highest BCUT2D eigenvalue weighted by molar-refractivity contribution is 5.91. The molecule has 0 bridgehead atoms. The smallest absolute Gasteiger partial charge is 0.302 e. The Morgan fingerprint density at radius 1 is 1.11 bits per heavy atom. The van der Waals surface area contributed by atoms with Crippen molar-refractivity contribution in [1.29, 1.82) is 0 Å². The Morgan fingerprint density at radius 2 is 1.85 bits per heavy atom. The van der Waals surface area contributed by atoms with Crippen molar-refractivity contribution in [2.75, 3.05) is 0 Å². The zero-order valence-electron chi connectivity index (χ0n) is 16.9. The quantitative estimate of drug-likeness (QED) is 0.536. The van der Waals surface area contributed by atoms with Crippen molar-refractivity contribution < 1.29 is 19.1 Å². The van der Waals surface area contributed by atoms with Gasteiger partial charge in [0.2, 0.25) is 0 Å². The number of carbonyl (C=O) groups is 3. The first-order chi connectivity index (χ1) is 12.7. The zero-order valence-corrected chi connectivity index (χ0v) is 16.9. The summed E-state index contributed by atoms with van der Waals surface area (Å²) in [5.74, 6) is 1.04. The molecule has 4 aliphatic carbocycles. The number of rotatable bonds is 2. The Hall–Kier alpha value is -1.71. The molecule has 146 valence electrons. The minimum atomic E-state index is -0.675. The monoisotopic (exact) mass is 370 g/mol. The van der Waals surface area contributed by atoms with Crippen LogP contribution in [0.5, 0.6) is 0 Å². The Balaban J connectivity index is 1.72. The van der Waals surface area contributed by atoms with Gasteiger partial charge in [-0.25, -0.2) is 0 Å². The summed E-state index contributed by atoms with van der Waals surface area (Å²) in [7, 11) is 0. The largest absolute Gasteiger partial charge is 0.461 e. The minimum Gasteiger partial charge on any atom is -0.461 e. The van der Waals surface area contributed by atoms with E-state index in [1.54, 1.807) is 6.92 Å². The molecule has 4 heteroatoms. The molecule has 0 spiro atoms. The summed E-state index contributed by atoms with van der Waals surface area (Å²) in [6.45, 7) is 7.38.